The Morgan fingerprint density at radius 2 is 1.83 bits per heavy atom. The summed E-state index contributed by atoms with van der Waals surface area (Å²) in [5.74, 6) is 1.13. The third-order valence-corrected chi connectivity index (χ3v) is 5.04. The van der Waals surface area contributed by atoms with Crippen LogP contribution in [0.3, 0.4) is 0 Å². The molecule has 0 amide bonds. The molecule has 2 aliphatic rings. The number of hydrogen-bond acceptors (Lipinski definition) is 4. The second-order valence-electron chi connectivity index (χ2n) is 6.68. The summed E-state index contributed by atoms with van der Waals surface area (Å²) in [6.07, 6.45) is 4.39. The van der Waals surface area contributed by atoms with E-state index in [1.54, 1.807) is 0 Å². The van der Waals surface area contributed by atoms with E-state index >= 15 is 0 Å². The van der Waals surface area contributed by atoms with Crippen molar-refractivity contribution in [1.82, 2.24) is 9.88 Å². The van der Waals surface area contributed by atoms with Crippen LogP contribution in [0.4, 0.5) is 11.5 Å². The van der Waals surface area contributed by atoms with Crippen LogP contribution < -0.4 is 9.80 Å². The molecule has 4 nitrogen and oxygen atoms in total. The molecule has 0 radical (unpaired) electrons. The average molecular weight is 308 g/mol. The van der Waals surface area contributed by atoms with E-state index in [9.17, 15) is 0 Å². The molecular formula is C19H24N4. The van der Waals surface area contributed by atoms with E-state index in [4.69, 9.17) is 0 Å². The molecule has 0 N–H and O–H groups in total. The van der Waals surface area contributed by atoms with Crippen molar-refractivity contribution in [2.45, 2.75) is 25.4 Å². The van der Waals surface area contributed by atoms with Gasteiger partial charge in [0.2, 0.25) is 0 Å². The molecule has 0 saturated carbocycles. The Morgan fingerprint density at radius 3 is 2.61 bits per heavy atom. The maximum atomic E-state index is 4.67. The van der Waals surface area contributed by atoms with Gasteiger partial charge in [-0.05, 0) is 50.7 Å². The monoisotopic (exact) mass is 308 g/mol. The Hall–Kier alpha value is -2.07. The van der Waals surface area contributed by atoms with Crippen LogP contribution in [-0.4, -0.2) is 42.7 Å². The fourth-order valence-corrected chi connectivity index (χ4v) is 3.73. The van der Waals surface area contributed by atoms with Gasteiger partial charge in [-0.15, -0.1) is 0 Å². The van der Waals surface area contributed by atoms with Crippen molar-refractivity contribution in [2.24, 2.45) is 0 Å². The quantitative estimate of drug-likeness (QED) is 0.869. The fourth-order valence-electron chi connectivity index (χ4n) is 3.73. The Labute approximate surface area is 138 Å². The van der Waals surface area contributed by atoms with Gasteiger partial charge < -0.3 is 14.7 Å². The zero-order valence-electron chi connectivity index (χ0n) is 13.7. The highest BCUT2D eigenvalue weighted by Gasteiger charge is 2.33. The molecule has 0 bridgehead atoms. The molecule has 1 aromatic heterocycles. The van der Waals surface area contributed by atoms with Gasteiger partial charge in [-0.3, -0.25) is 0 Å². The fraction of sp³-hybridized carbons (Fsp3) is 0.421. The Kier molecular flexibility index (Phi) is 3.92. The average Bonchev–Trinajstić information content (AvgIpc) is 2.95. The molecule has 0 atom stereocenters. The molecule has 120 valence electrons. The molecule has 2 aromatic rings. The van der Waals surface area contributed by atoms with Crippen molar-refractivity contribution in [1.29, 1.82) is 0 Å². The lowest BCUT2D eigenvalue weighted by Gasteiger charge is -2.36. The minimum Gasteiger partial charge on any atom is -0.348 e. The van der Waals surface area contributed by atoms with Crippen LogP contribution in [0.25, 0.3) is 0 Å². The molecule has 1 aromatic carbocycles. The number of aromatic nitrogens is 1. The van der Waals surface area contributed by atoms with E-state index in [0.717, 1.165) is 19.0 Å². The van der Waals surface area contributed by atoms with E-state index in [1.165, 1.54) is 37.2 Å². The second kappa shape index (κ2) is 6.20. The molecule has 1 fully saturated rings. The predicted molar refractivity (Wildman–Crippen MR) is 94.7 cm³/mol. The highest BCUT2D eigenvalue weighted by molar-refractivity contribution is 5.72. The molecule has 0 unspecified atom stereocenters. The first-order valence-electron chi connectivity index (χ1n) is 8.50. The summed E-state index contributed by atoms with van der Waals surface area (Å²) in [5, 5.41) is 0. The number of hydrogen-bond donors (Lipinski definition) is 0. The minimum atomic E-state index is 0.634. The second-order valence-corrected chi connectivity index (χ2v) is 6.68. The van der Waals surface area contributed by atoms with Crippen LogP contribution >= 0.6 is 0 Å². The van der Waals surface area contributed by atoms with E-state index in [1.807, 2.05) is 6.20 Å². The standard InChI is InChI=1S/C19H24N4/c1-21-12-9-17(10-13-21)23-15-22(14-16-6-3-2-4-7-16)19-18(23)8-5-11-20-19/h2-8,11,17H,9-10,12-15H2,1H3. The summed E-state index contributed by atoms with van der Waals surface area (Å²) < 4.78 is 0. The van der Waals surface area contributed by atoms with Gasteiger partial charge in [0.25, 0.3) is 0 Å². The van der Waals surface area contributed by atoms with Crippen LogP contribution in [-0.2, 0) is 6.54 Å². The van der Waals surface area contributed by atoms with E-state index in [2.05, 4.69) is 69.2 Å². The highest BCUT2D eigenvalue weighted by Crippen LogP contribution is 2.37. The van der Waals surface area contributed by atoms with Crippen LogP contribution in [0, 0.1) is 0 Å². The highest BCUT2D eigenvalue weighted by atomic mass is 15.4. The summed E-state index contributed by atoms with van der Waals surface area (Å²) in [7, 11) is 2.22. The first-order valence-corrected chi connectivity index (χ1v) is 8.50. The molecular weight excluding hydrogens is 284 g/mol. The third kappa shape index (κ3) is 2.91. The smallest absolute Gasteiger partial charge is 0.153 e. The zero-order chi connectivity index (χ0) is 15.6. The van der Waals surface area contributed by atoms with E-state index in [-0.39, 0.29) is 0 Å². The van der Waals surface area contributed by atoms with Gasteiger partial charge in [-0.2, -0.15) is 0 Å². The number of anilines is 2. The molecule has 0 spiro atoms. The number of piperidine rings is 1. The van der Waals surface area contributed by atoms with Gasteiger partial charge in [0.05, 0.1) is 12.4 Å². The number of pyridine rings is 1. The molecule has 0 aliphatic carbocycles. The zero-order valence-corrected chi connectivity index (χ0v) is 13.7. The van der Waals surface area contributed by atoms with Gasteiger partial charge >= 0.3 is 0 Å². The lowest BCUT2D eigenvalue weighted by molar-refractivity contribution is 0.250. The van der Waals surface area contributed by atoms with Crippen LogP contribution in [0.1, 0.15) is 18.4 Å². The van der Waals surface area contributed by atoms with Crippen LogP contribution in [0.15, 0.2) is 48.7 Å². The number of benzene rings is 1. The molecule has 4 heteroatoms. The van der Waals surface area contributed by atoms with Crippen molar-refractivity contribution in [3.8, 4) is 0 Å². The normalized spacial score (nSPS) is 19.2. The van der Waals surface area contributed by atoms with Gasteiger partial charge in [-0.1, -0.05) is 30.3 Å². The third-order valence-electron chi connectivity index (χ3n) is 5.04. The summed E-state index contributed by atoms with van der Waals surface area (Å²) >= 11 is 0. The Balaban J connectivity index is 1.56. The van der Waals surface area contributed by atoms with Crippen molar-refractivity contribution in [3.05, 3.63) is 54.2 Å². The number of rotatable bonds is 3. The summed E-state index contributed by atoms with van der Waals surface area (Å²) in [6, 6.07) is 15.6. The van der Waals surface area contributed by atoms with Gasteiger partial charge in [0, 0.05) is 18.8 Å². The Morgan fingerprint density at radius 1 is 1.04 bits per heavy atom. The Bertz CT molecular complexity index is 649. The van der Waals surface area contributed by atoms with Crippen LogP contribution in [0.2, 0.25) is 0 Å². The number of likely N-dealkylation sites (tertiary alicyclic amines) is 1. The van der Waals surface area contributed by atoms with Crippen molar-refractivity contribution in [2.75, 3.05) is 36.6 Å². The number of fused-ring (bicyclic) bond motifs is 1. The first kappa shape index (κ1) is 14.5. The molecule has 2 aliphatic heterocycles. The van der Waals surface area contributed by atoms with E-state index in [0.29, 0.717) is 6.04 Å². The molecule has 23 heavy (non-hydrogen) atoms. The minimum absolute atomic E-state index is 0.634. The lowest BCUT2D eigenvalue weighted by Crippen LogP contribution is -2.45. The van der Waals surface area contributed by atoms with Crippen molar-refractivity contribution < 1.29 is 0 Å². The van der Waals surface area contributed by atoms with Crippen LogP contribution in [0.5, 0.6) is 0 Å². The predicted octanol–water partition coefficient (Wildman–Crippen LogP) is 2.96. The van der Waals surface area contributed by atoms with Crippen molar-refractivity contribution >= 4 is 11.5 Å². The van der Waals surface area contributed by atoms with E-state index < -0.39 is 0 Å². The number of nitrogens with zero attached hydrogens (tertiary/aromatic N) is 4. The molecule has 3 heterocycles. The molecule has 1 saturated heterocycles. The van der Waals surface area contributed by atoms with Gasteiger partial charge in [0.1, 0.15) is 0 Å². The van der Waals surface area contributed by atoms with Gasteiger partial charge in [0.15, 0.2) is 5.82 Å². The summed E-state index contributed by atoms with van der Waals surface area (Å²) in [4.78, 5) is 12.1. The topological polar surface area (TPSA) is 22.6 Å². The maximum Gasteiger partial charge on any atom is 0.153 e. The van der Waals surface area contributed by atoms with Gasteiger partial charge in [-0.25, -0.2) is 4.98 Å². The summed E-state index contributed by atoms with van der Waals surface area (Å²) in [6.45, 7) is 4.26. The SMILES string of the molecule is CN1CCC(N2CN(Cc3ccccc3)c3ncccc32)CC1. The van der Waals surface area contributed by atoms with Crippen molar-refractivity contribution in [3.63, 3.8) is 0 Å². The lowest BCUT2D eigenvalue weighted by atomic mass is 10.0. The largest absolute Gasteiger partial charge is 0.348 e. The first-order chi connectivity index (χ1) is 11.3. The maximum absolute atomic E-state index is 4.67. The summed E-state index contributed by atoms with van der Waals surface area (Å²) in [5.41, 5.74) is 2.65. The molecule has 4 rings (SSSR count).